The lowest BCUT2D eigenvalue weighted by molar-refractivity contribution is -0.137. The van der Waals surface area contributed by atoms with Crippen LogP contribution in [0.3, 0.4) is 0 Å². The van der Waals surface area contributed by atoms with Crippen molar-refractivity contribution in [1.82, 2.24) is 4.90 Å². The van der Waals surface area contributed by atoms with E-state index in [4.69, 9.17) is 34.8 Å². The molecule has 180 valence electrons. The highest BCUT2D eigenvalue weighted by atomic mass is 35.5. The zero-order chi connectivity index (χ0) is 24.6. The minimum Gasteiger partial charge on any atom is -0.368 e. The van der Waals surface area contributed by atoms with Gasteiger partial charge in [-0.1, -0.05) is 40.9 Å². The van der Waals surface area contributed by atoms with Gasteiger partial charge in [0, 0.05) is 31.9 Å². The van der Waals surface area contributed by atoms with Crippen molar-refractivity contribution in [3.05, 3.63) is 57.0 Å². The van der Waals surface area contributed by atoms with Crippen molar-refractivity contribution in [3.8, 4) is 0 Å². The number of hydrogen-bond acceptors (Lipinski definition) is 4. The number of alkyl halides is 3. The monoisotopic (exact) mass is 543 g/mol. The minimum absolute atomic E-state index is 0.0111. The van der Waals surface area contributed by atoms with Gasteiger partial charge in [0.05, 0.1) is 32.6 Å². The van der Waals surface area contributed by atoms with Crippen LogP contribution in [0.2, 0.25) is 15.1 Å². The second-order valence-electron chi connectivity index (χ2n) is 7.40. The smallest absolute Gasteiger partial charge is 0.368 e. The summed E-state index contributed by atoms with van der Waals surface area (Å²) in [7, 11) is -3.89. The number of carbonyl (C=O) groups excluding carboxylic acids is 1. The van der Waals surface area contributed by atoms with E-state index in [1.807, 2.05) is 0 Å². The molecule has 3 rings (SSSR count). The van der Waals surface area contributed by atoms with Crippen LogP contribution >= 0.6 is 34.8 Å². The molecule has 1 saturated heterocycles. The minimum atomic E-state index is -4.45. The molecule has 0 atom stereocenters. The number of benzene rings is 2. The fourth-order valence-electron chi connectivity index (χ4n) is 3.40. The predicted octanol–water partition coefficient (Wildman–Crippen LogP) is 4.78. The molecule has 13 heteroatoms. The zero-order valence-electron chi connectivity index (χ0n) is 17.2. The Kier molecular flexibility index (Phi) is 7.62. The van der Waals surface area contributed by atoms with Gasteiger partial charge in [-0.3, -0.25) is 9.10 Å². The van der Waals surface area contributed by atoms with E-state index in [1.165, 1.54) is 23.1 Å². The predicted molar refractivity (Wildman–Crippen MR) is 124 cm³/mol. The van der Waals surface area contributed by atoms with E-state index in [-0.39, 0.29) is 33.8 Å². The summed E-state index contributed by atoms with van der Waals surface area (Å²) in [6.45, 7) is 0.489. The Hall–Kier alpha value is -1.88. The number of sulfonamides is 1. The molecule has 0 N–H and O–H groups in total. The first kappa shape index (κ1) is 25.7. The summed E-state index contributed by atoms with van der Waals surface area (Å²) >= 11 is 18.0. The highest BCUT2D eigenvalue weighted by Crippen LogP contribution is 2.36. The molecular weight excluding hydrogens is 526 g/mol. The van der Waals surface area contributed by atoms with Gasteiger partial charge in [-0.15, -0.1) is 0 Å². The summed E-state index contributed by atoms with van der Waals surface area (Å²) in [4.78, 5) is 16.1. The summed E-state index contributed by atoms with van der Waals surface area (Å²) in [5.74, 6) is -0.480. The second kappa shape index (κ2) is 9.77. The molecule has 1 amide bonds. The van der Waals surface area contributed by atoms with E-state index in [2.05, 4.69) is 0 Å². The van der Waals surface area contributed by atoms with Crippen LogP contribution in [0.4, 0.5) is 24.5 Å². The number of anilines is 2. The van der Waals surface area contributed by atoms with Gasteiger partial charge in [0.15, 0.2) is 0 Å². The Bertz CT molecular complexity index is 1150. The largest absolute Gasteiger partial charge is 0.416 e. The van der Waals surface area contributed by atoms with Crippen molar-refractivity contribution in [2.45, 2.75) is 6.18 Å². The maximum absolute atomic E-state index is 13.0. The third kappa shape index (κ3) is 6.17. The highest BCUT2D eigenvalue weighted by molar-refractivity contribution is 7.92. The van der Waals surface area contributed by atoms with Crippen LogP contribution < -0.4 is 9.21 Å². The van der Waals surface area contributed by atoms with Crippen molar-refractivity contribution in [2.75, 3.05) is 48.2 Å². The number of piperazine rings is 1. The van der Waals surface area contributed by atoms with Gasteiger partial charge in [0.25, 0.3) is 0 Å². The molecule has 0 unspecified atom stereocenters. The van der Waals surface area contributed by atoms with Gasteiger partial charge in [-0.05, 0) is 30.3 Å². The third-order valence-electron chi connectivity index (χ3n) is 5.11. The highest BCUT2D eigenvalue weighted by Gasteiger charge is 2.32. The molecular formula is C20H19Cl3F3N3O3S. The molecule has 1 aliphatic heterocycles. The molecule has 1 aliphatic rings. The molecule has 0 radical (unpaired) electrons. The first-order valence-electron chi connectivity index (χ1n) is 9.59. The fourth-order valence-corrected chi connectivity index (χ4v) is 4.95. The molecule has 6 nitrogen and oxygen atoms in total. The maximum Gasteiger partial charge on any atom is 0.416 e. The fraction of sp³-hybridized carbons (Fsp3) is 0.350. The van der Waals surface area contributed by atoms with Crippen LogP contribution in [0.1, 0.15) is 5.56 Å². The SMILES string of the molecule is CS(=O)(=O)N(CC(=O)N1CCN(c2cccc(C(F)(F)F)c2)CC1)c1cc(Cl)c(Cl)cc1Cl. The summed E-state index contributed by atoms with van der Waals surface area (Å²) in [6, 6.07) is 7.53. The van der Waals surface area contributed by atoms with E-state index >= 15 is 0 Å². The van der Waals surface area contributed by atoms with E-state index in [0.29, 0.717) is 18.8 Å². The summed E-state index contributed by atoms with van der Waals surface area (Å²) < 4.78 is 64.5. The molecule has 1 heterocycles. The Morgan fingerprint density at radius 2 is 1.61 bits per heavy atom. The Balaban J connectivity index is 1.72. The van der Waals surface area contributed by atoms with Crippen molar-refractivity contribution in [1.29, 1.82) is 0 Å². The molecule has 0 aromatic heterocycles. The Labute approximate surface area is 204 Å². The average molecular weight is 545 g/mol. The summed E-state index contributed by atoms with van der Waals surface area (Å²) in [5.41, 5.74) is -0.331. The van der Waals surface area contributed by atoms with Crippen molar-refractivity contribution < 1.29 is 26.4 Å². The summed E-state index contributed by atoms with van der Waals surface area (Å²) in [5, 5.41) is 0.222. The molecule has 2 aromatic rings. The van der Waals surface area contributed by atoms with Crippen molar-refractivity contribution >= 4 is 62.1 Å². The second-order valence-corrected chi connectivity index (χ2v) is 10.5. The van der Waals surface area contributed by atoms with E-state index in [0.717, 1.165) is 22.7 Å². The maximum atomic E-state index is 13.0. The summed E-state index contributed by atoms with van der Waals surface area (Å²) in [6.07, 6.45) is -3.51. The molecule has 0 bridgehead atoms. The first-order chi connectivity index (χ1) is 15.3. The lowest BCUT2D eigenvalue weighted by Crippen LogP contribution is -2.52. The van der Waals surface area contributed by atoms with Crippen LogP contribution in [0.25, 0.3) is 0 Å². The molecule has 33 heavy (non-hydrogen) atoms. The molecule has 1 fully saturated rings. The van der Waals surface area contributed by atoms with Gasteiger partial charge in [-0.25, -0.2) is 8.42 Å². The first-order valence-corrected chi connectivity index (χ1v) is 12.6. The van der Waals surface area contributed by atoms with Crippen molar-refractivity contribution in [2.24, 2.45) is 0 Å². The lowest BCUT2D eigenvalue weighted by atomic mass is 10.1. The van der Waals surface area contributed by atoms with Crippen LogP contribution in [0.5, 0.6) is 0 Å². The van der Waals surface area contributed by atoms with Crippen LogP contribution in [0.15, 0.2) is 36.4 Å². The number of nitrogens with zero attached hydrogens (tertiary/aromatic N) is 3. The number of carbonyl (C=O) groups is 1. The van der Waals surface area contributed by atoms with Crippen LogP contribution in [0, 0.1) is 0 Å². The van der Waals surface area contributed by atoms with Gasteiger partial charge in [0.2, 0.25) is 15.9 Å². The van der Waals surface area contributed by atoms with Crippen LogP contribution in [-0.4, -0.2) is 58.2 Å². The van der Waals surface area contributed by atoms with Crippen molar-refractivity contribution in [3.63, 3.8) is 0 Å². The quantitative estimate of drug-likeness (QED) is 0.509. The van der Waals surface area contributed by atoms with Gasteiger partial charge in [0.1, 0.15) is 6.54 Å². The molecule has 0 spiro atoms. The van der Waals surface area contributed by atoms with Gasteiger partial charge < -0.3 is 9.80 Å². The number of halogens is 6. The van der Waals surface area contributed by atoms with E-state index in [1.54, 1.807) is 11.0 Å². The number of amides is 1. The van der Waals surface area contributed by atoms with Gasteiger partial charge in [-0.2, -0.15) is 13.2 Å². The van der Waals surface area contributed by atoms with Crippen LogP contribution in [-0.2, 0) is 21.0 Å². The van der Waals surface area contributed by atoms with E-state index < -0.39 is 34.2 Å². The van der Waals surface area contributed by atoms with E-state index in [9.17, 15) is 26.4 Å². The number of rotatable bonds is 5. The normalized spacial score (nSPS) is 15.0. The standard InChI is InChI=1S/C20H19Cl3F3N3O3S/c1-33(31,32)29(18-11-16(22)15(21)10-17(18)23)12-19(30)28-7-5-27(6-8-28)14-4-2-3-13(9-14)20(24,25)26/h2-4,9-11H,5-8,12H2,1H3. The average Bonchev–Trinajstić information content (AvgIpc) is 2.73. The number of hydrogen-bond donors (Lipinski definition) is 0. The molecule has 2 aromatic carbocycles. The Morgan fingerprint density at radius 3 is 2.18 bits per heavy atom. The molecule has 0 saturated carbocycles. The topological polar surface area (TPSA) is 60.9 Å². The zero-order valence-corrected chi connectivity index (χ0v) is 20.3. The third-order valence-corrected chi connectivity index (χ3v) is 7.26. The lowest BCUT2D eigenvalue weighted by Gasteiger charge is -2.37. The molecule has 0 aliphatic carbocycles. The van der Waals surface area contributed by atoms with Gasteiger partial charge >= 0.3 is 6.18 Å². The Morgan fingerprint density at radius 1 is 1.00 bits per heavy atom.